The van der Waals surface area contributed by atoms with Crippen molar-refractivity contribution in [3.63, 3.8) is 0 Å². The molecule has 0 unspecified atom stereocenters. The van der Waals surface area contributed by atoms with Crippen molar-refractivity contribution in [2.75, 3.05) is 0 Å². The zero-order valence-electron chi connectivity index (χ0n) is 20.6. The predicted molar refractivity (Wildman–Crippen MR) is 133 cm³/mol. The molecule has 2 atom stereocenters. The second-order valence-corrected chi connectivity index (χ2v) is 9.81. The summed E-state index contributed by atoms with van der Waals surface area (Å²) in [5, 5.41) is 35.1. The van der Waals surface area contributed by atoms with Crippen LogP contribution in [0.4, 0.5) is 8.78 Å². The Morgan fingerprint density at radius 3 is 2.29 bits per heavy atom. The molecule has 1 aliphatic carbocycles. The van der Waals surface area contributed by atoms with E-state index in [1.807, 2.05) is 0 Å². The fourth-order valence-electron chi connectivity index (χ4n) is 5.13. The molecular weight excluding hydrogens is 498 g/mol. The lowest BCUT2D eigenvalue weighted by molar-refractivity contribution is -0.165. The molecule has 5 N–H and O–H groups in total. The van der Waals surface area contributed by atoms with Crippen LogP contribution in [-0.4, -0.2) is 60.4 Å². The number of hydroxylamine groups is 1. The number of aliphatic hydroxyl groups is 2. The van der Waals surface area contributed by atoms with E-state index in [4.69, 9.17) is 5.21 Å². The fraction of sp³-hybridized carbons (Fsp3) is 0.407. The highest BCUT2D eigenvalue weighted by atomic mass is 19.3. The number of nitrogens with one attached hydrogen (secondary N) is 2. The van der Waals surface area contributed by atoms with Crippen LogP contribution in [0, 0.1) is 0 Å². The Morgan fingerprint density at radius 1 is 1.00 bits per heavy atom. The smallest absolute Gasteiger partial charge is 0.272 e. The van der Waals surface area contributed by atoms with Gasteiger partial charge in [0, 0.05) is 25.7 Å². The molecule has 3 aromatic rings. The maximum atomic E-state index is 14.2. The monoisotopic (exact) mass is 528 g/mol. The summed E-state index contributed by atoms with van der Waals surface area (Å²) in [6, 6.07) is 15.6. The number of para-hydroxylation sites is 2. The molecule has 4 rings (SSSR count). The molecule has 202 valence electrons. The third-order valence-corrected chi connectivity index (χ3v) is 7.32. The summed E-state index contributed by atoms with van der Waals surface area (Å²) in [6.45, 7) is 0. The third-order valence-electron chi connectivity index (χ3n) is 7.32. The molecule has 1 aliphatic rings. The summed E-state index contributed by atoms with van der Waals surface area (Å²) in [5.74, 6) is -4.55. The maximum absolute atomic E-state index is 14.2. The summed E-state index contributed by atoms with van der Waals surface area (Å²) >= 11 is 0. The van der Waals surface area contributed by atoms with E-state index in [2.05, 4.69) is 15.3 Å². The van der Waals surface area contributed by atoms with Gasteiger partial charge < -0.3 is 15.5 Å². The van der Waals surface area contributed by atoms with Crippen molar-refractivity contribution < 1.29 is 33.8 Å². The molecule has 1 saturated carbocycles. The normalized spacial score (nSPS) is 18.8. The first-order valence-electron chi connectivity index (χ1n) is 12.4. The Bertz CT molecular complexity index is 1280. The number of hydrogen-bond acceptors (Lipinski definition) is 7. The van der Waals surface area contributed by atoms with Gasteiger partial charge in [0.15, 0.2) is 0 Å². The number of fused-ring (bicyclic) bond motifs is 1. The van der Waals surface area contributed by atoms with Crippen LogP contribution in [0.1, 0.15) is 54.6 Å². The number of rotatable bonds is 9. The Balaban J connectivity index is 1.78. The standard InChI is InChI=1S/C27H30F2N4O5/c28-26(29)14-12-25(37,13-15-26)27(16-18-6-2-1-3-7-18,22(34)10-11-23(35)33-38)32-24(36)21-17-30-19-8-4-5-9-20(19)31-21/h1-9,17,22,34,37-38H,10-16H2,(H,32,36)(H,33,35)/t22-,27-/m0/s1. The van der Waals surface area contributed by atoms with Crippen molar-refractivity contribution in [3.05, 3.63) is 72.1 Å². The average Bonchev–Trinajstić information content (AvgIpc) is 2.93. The molecule has 38 heavy (non-hydrogen) atoms. The molecular formula is C27H30F2N4O5. The van der Waals surface area contributed by atoms with Crippen molar-refractivity contribution in [1.82, 2.24) is 20.8 Å². The lowest BCUT2D eigenvalue weighted by Crippen LogP contribution is -2.72. The highest BCUT2D eigenvalue weighted by Gasteiger charge is 2.59. The number of halogens is 2. The second-order valence-electron chi connectivity index (χ2n) is 9.81. The Kier molecular flexibility index (Phi) is 8.00. The molecule has 1 aromatic heterocycles. The van der Waals surface area contributed by atoms with Crippen LogP contribution in [0.25, 0.3) is 11.0 Å². The molecule has 0 spiro atoms. The van der Waals surface area contributed by atoms with Crippen molar-refractivity contribution in [2.24, 2.45) is 0 Å². The number of nitrogens with zero attached hydrogens (tertiary/aromatic N) is 2. The zero-order valence-corrected chi connectivity index (χ0v) is 20.6. The van der Waals surface area contributed by atoms with Crippen molar-refractivity contribution in [3.8, 4) is 0 Å². The largest absolute Gasteiger partial charge is 0.391 e. The minimum absolute atomic E-state index is 0.0915. The molecule has 0 radical (unpaired) electrons. The highest BCUT2D eigenvalue weighted by Crippen LogP contribution is 2.46. The van der Waals surface area contributed by atoms with Gasteiger partial charge in [0.25, 0.3) is 5.91 Å². The predicted octanol–water partition coefficient (Wildman–Crippen LogP) is 2.93. The van der Waals surface area contributed by atoms with Gasteiger partial charge in [-0.3, -0.25) is 19.8 Å². The van der Waals surface area contributed by atoms with Crippen LogP contribution < -0.4 is 10.8 Å². The van der Waals surface area contributed by atoms with Crippen LogP contribution in [-0.2, 0) is 11.2 Å². The van der Waals surface area contributed by atoms with Gasteiger partial charge in [-0.25, -0.2) is 19.2 Å². The number of amides is 2. The summed E-state index contributed by atoms with van der Waals surface area (Å²) in [6.07, 6.45) is -3.13. The summed E-state index contributed by atoms with van der Waals surface area (Å²) in [7, 11) is 0. The van der Waals surface area contributed by atoms with E-state index in [-0.39, 0.29) is 25.0 Å². The fourth-order valence-corrected chi connectivity index (χ4v) is 5.13. The van der Waals surface area contributed by atoms with Gasteiger partial charge in [-0.15, -0.1) is 0 Å². The van der Waals surface area contributed by atoms with Crippen molar-refractivity contribution >= 4 is 22.8 Å². The lowest BCUT2D eigenvalue weighted by Gasteiger charge is -2.53. The van der Waals surface area contributed by atoms with Gasteiger partial charge in [-0.05, 0) is 37.0 Å². The first kappa shape index (κ1) is 27.5. The Labute approximate surface area is 217 Å². The van der Waals surface area contributed by atoms with E-state index in [9.17, 15) is 28.6 Å². The van der Waals surface area contributed by atoms with Crippen molar-refractivity contribution in [2.45, 2.75) is 68.1 Å². The number of benzene rings is 2. The maximum Gasteiger partial charge on any atom is 0.272 e. The first-order valence-corrected chi connectivity index (χ1v) is 12.4. The molecule has 9 nitrogen and oxygen atoms in total. The van der Waals surface area contributed by atoms with Gasteiger partial charge in [0.05, 0.1) is 34.5 Å². The number of aliphatic hydroxyl groups excluding tert-OH is 1. The van der Waals surface area contributed by atoms with Crippen LogP contribution in [0.15, 0.2) is 60.8 Å². The van der Waals surface area contributed by atoms with Crippen LogP contribution in [0.3, 0.4) is 0 Å². The Hall–Kier alpha value is -3.54. The van der Waals surface area contributed by atoms with E-state index in [1.54, 1.807) is 54.6 Å². The molecule has 0 bridgehead atoms. The van der Waals surface area contributed by atoms with Gasteiger partial charge >= 0.3 is 0 Å². The molecule has 11 heteroatoms. The number of carbonyl (C=O) groups excluding carboxylic acids is 2. The molecule has 0 saturated heterocycles. The van der Waals surface area contributed by atoms with E-state index >= 15 is 0 Å². The summed E-state index contributed by atoms with van der Waals surface area (Å²) in [5.41, 5.74) is -0.820. The first-order chi connectivity index (χ1) is 18.1. The van der Waals surface area contributed by atoms with Gasteiger partial charge in [-0.2, -0.15) is 0 Å². The van der Waals surface area contributed by atoms with Gasteiger partial charge in [0.2, 0.25) is 11.8 Å². The van der Waals surface area contributed by atoms with E-state index in [0.29, 0.717) is 16.6 Å². The lowest BCUT2D eigenvalue weighted by atomic mass is 9.63. The number of carbonyl (C=O) groups is 2. The van der Waals surface area contributed by atoms with E-state index in [1.165, 1.54) is 11.7 Å². The molecule has 2 amide bonds. The van der Waals surface area contributed by atoms with Crippen molar-refractivity contribution in [1.29, 1.82) is 0 Å². The second kappa shape index (κ2) is 11.1. The third kappa shape index (κ3) is 5.79. The van der Waals surface area contributed by atoms with Gasteiger partial charge in [-0.1, -0.05) is 42.5 Å². The summed E-state index contributed by atoms with van der Waals surface area (Å²) < 4.78 is 28.4. The molecule has 0 aliphatic heterocycles. The number of alkyl halides is 2. The minimum Gasteiger partial charge on any atom is -0.391 e. The van der Waals surface area contributed by atoms with E-state index in [0.717, 1.165) is 0 Å². The number of hydrogen-bond donors (Lipinski definition) is 5. The van der Waals surface area contributed by atoms with Crippen LogP contribution in [0.5, 0.6) is 0 Å². The van der Waals surface area contributed by atoms with E-state index < -0.39 is 60.7 Å². The molecule has 2 aromatic carbocycles. The average molecular weight is 529 g/mol. The topological polar surface area (TPSA) is 145 Å². The van der Waals surface area contributed by atoms with Crippen LogP contribution in [0.2, 0.25) is 0 Å². The number of aromatic nitrogens is 2. The highest BCUT2D eigenvalue weighted by molar-refractivity contribution is 5.94. The summed E-state index contributed by atoms with van der Waals surface area (Å²) in [4.78, 5) is 34.0. The molecule has 1 heterocycles. The quantitative estimate of drug-likeness (QED) is 0.212. The zero-order chi connectivity index (χ0) is 27.4. The van der Waals surface area contributed by atoms with Gasteiger partial charge in [0.1, 0.15) is 5.69 Å². The SMILES string of the molecule is O=C(CC[C@H](O)[C@](Cc1ccccc1)(NC(=O)c1cnc2ccccc2n1)C1(O)CCC(F)(F)CC1)NO. The minimum atomic E-state index is -3.00. The molecule has 1 fully saturated rings. The van der Waals surface area contributed by atoms with Crippen LogP contribution >= 0.6 is 0 Å². The Morgan fingerprint density at radius 2 is 1.63 bits per heavy atom.